The predicted octanol–water partition coefficient (Wildman–Crippen LogP) is 6.27. The molecule has 4 amide bonds. The molecule has 4 aromatic rings. The summed E-state index contributed by atoms with van der Waals surface area (Å²) in [5, 5.41) is 9.40. The van der Waals surface area contributed by atoms with E-state index in [4.69, 9.17) is 14.5 Å². The number of nitrogens with zero attached hydrogens (tertiary/aromatic N) is 4. The van der Waals surface area contributed by atoms with Gasteiger partial charge in [0.25, 0.3) is 5.91 Å². The van der Waals surface area contributed by atoms with Crippen LogP contribution in [0.4, 0.5) is 18.0 Å². The first-order valence-electron chi connectivity index (χ1n) is 22.1. The third-order valence-corrected chi connectivity index (χ3v) is 14.8. The number of aromatic nitrogens is 3. The molecule has 4 fully saturated rings. The Bertz CT molecular complexity index is 2630. The summed E-state index contributed by atoms with van der Waals surface area (Å²) in [6, 6.07) is 10.2. The number of aryl methyl sites for hydroxylation is 1. The predicted molar refractivity (Wildman–Crippen MR) is 227 cm³/mol. The number of sulfonamides is 1. The molecule has 5 atom stereocenters. The lowest BCUT2D eigenvalue weighted by atomic mass is 10.0. The van der Waals surface area contributed by atoms with Crippen LogP contribution in [0.2, 0.25) is 0 Å². The number of alkyl halides is 3. The molecule has 9 rings (SSSR count). The normalized spacial score (nSPS) is 26.3. The first-order valence-corrected chi connectivity index (χ1v) is 23.6. The van der Waals surface area contributed by atoms with Crippen molar-refractivity contribution in [3.8, 4) is 17.1 Å². The topological polar surface area (TPSA) is 190 Å². The molecule has 2 aromatic heterocycles. The van der Waals surface area contributed by atoms with E-state index in [1.807, 2.05) is 43.3 Å². The van der Waals surface area contributed by atoms with Crippen LogP contribution in [0, 0.1) is 12.8 Å². The Hall–Kier alpha value is -5.72. The van der Waals surface area contributed by atoms with E-state index in [1.54, 1.807) is 6.07 Å². The molecule has 0 radical (unpaired) electrons. The molecule has 2 aliphatic heterocycles. The first kappa shape index (κ1) is 43.5. The lowest BCUT2D eigenvalue weighted by Crippen LogP contribution is -2.58. The van der Waals surface area contributed by atoms with Crippen molar-refractivity contribution in [3.05, 3.63) is 71.8 Å². The van der Waals surface area contributed by atoms with Gasteiger partial charge < -0.3 is 25.0 Å². The monoisotopic (exact) mass is 905 g/mol. The van der Waals surface area contributed by atoms with E-state index in [-0.39, 0.29) is 54.3 Å². The highest BCUT2D eigenvalue weighted by atomic mass is 32.2. The van der Waals surface area contributed by atoms with Crippen LogP contribution in [0.15, 0.2) is 60.7 Å². The van der Waals surface area contributed by atoms with E-state index >= 15 is 0 Å². The van der Waals surface area contributed by atoms with Crippen molar-refractivity contribution in [2.75, 3.05) is 6.54 Å². The zero-order valence-electron chi connectivity index (χ0n) is 35.2. The Morgan fingerprint density at radius 2 is 1.70 bits per heavy atom. The number of fused-ring (bicyclic) bond motifs is 5. The molecule has 3 N–H and O–H groups in total. The molecule has 3 saturated carbocycles. The minimum Gasteiger partial charge on any atom is -0.472 e. The molecule has 5 aliphatic rings. The van der Waals surface area contributed by atoms with Crippen molar-refractivity contribution in [1.82, 2.24) is 34.9 Å². The third kappa shape index (κ3) is 8.87. The number of carbonyl (C=O) groups excluding carboxylic acids is 4. The Kier molecular flexibility index (Phi) is 11.6. The van der Waals surface area contributed by atoms with Gasteiger partial charge in [0.2, 0.25) is 27.7 Å². The van der Waals surface area contributed by atoms with Gasteiger partial charge in [-0.1, -0.05) is 60.9 Å². The van der Waals surface area contributed by atoms with Crippen molar-refractivity contribution in [2.24, 2.45) is 5.92 Å². The molecule has 0 bridgehead atoms. The summed E-state index contributed by atoms with van der Waals surface area (Å²) in [4.78, 5) is 62.7. The van der Waals surface area contributed by atoms with E-state index in [9.17, 15) is 40.8 Å². The third-order valence-electron chi connectivity index (χ3n) is 13.0. The maximum Gasteiger partial charge on any atom is 0.418 e. The molecule has 1 saturated heterocycles. The van der Waals surface area contributed by atoms with Crippen LogP contribution in [-0.4, -0.2) is 93.4 Å². The lowest BCUT2D eigenvalue weighted by Gasteiger charge is -2.30. The van der Waals surface area contributed by atoms with Crippen LogP contribution in [0.3, 0.4) is 0 Å². The summed E-state index contributed by atoms with van der Waals surface area (Å²) < 4.78 is 84.5. The second kappa shape index (κ2) is 17.0. The Morgan fingerprint density at radius 3 is 2.44 bits per heavy atom. The summed E-state index contributed by atoms with van der Waals surface area (Å²) in [7, 11) is -3.98. The summed E-state index contributed by atoms with van der Waals surface area (Å²) in [5.74, 6) is -2.72. The highest BCUT2D eigenvalue weighted by Gasteiger charge is 2.62. The van der Waals surface area contributed by atoms with Crippen LogP contribution < -0.4 is 20.1 Å². The first-order chi connectivity index (χ1) is 30.6. The summed E-state index contributed by atoms with van der Waals surface area (Å²) in [5.41, 5.74) is -0.850. The van der Waals surface area contributed by atoms with Crippen molar-refractivity contribution in [3.63, 3.8) is 0 Å². The van der Waals surface area contributed by atoms with Gasteiger partial charge in [0.05, 0.1) is 23.1 Å². The number of hydrogen-bond donors (Lipinski definition) is 3. The average molecular weight is 906 g/mol. The molecular formula is C45H50F3N7O8S. The molecule has 64 heavy (non-hydrogen) atoms. The summed E-state index contributed by atoms with van der Waals surface area (Å²) >= 11 is 0. The number of ether oxygens (including phenoxy) is 2. The largest absolute Gasteiger partial charge is 0.472 e. The summed E-state index contributed by atoms with van der Waals surface area (Å²) in [6.45, 7) is 1.71. The van der Waals surface area contributed by atoms with Crippen LogP contribution in [0.5, 0.6) is 5.88 Å². The number of alkyl carbamates (subject to hydrolysis) is 1. The van der Waals surface area contributed by atoms with Gasteiger partial charge in [-0.25, -0.2) is 18.2 Å². The number of benzene rings is 2. The van der Waals surface area contributed by atoms with E-state index in [2.05, 4.69) is 20.5 Å². The molecule has 340 valence electrons. The van der Waals surface area contributed by atoms with Gasteiger partial charge in [0.1, 0.15) is 35.3 Å². The molecule has 0 spiro atoms. The van der Waals surface area contributed by atoms with E-state index in [1.165, 1.54) is 21.5 Å². The minimum atomic E-state index is -4.73. The summed E-state index contributed by atoms with van der Waals surface area (Å²) in [6.07, 6.45) is 3.94. The highest BCUT2D eigenvalue weighted by Crippen LogP contribution is 2.46. The number of amides is 4. The van der Waals surface area contributed by atoms with Gasteiger partial charge in [0.15, 0.2) is 5.65 Å². The SMILES string of the molecule is Cc1ccc(-c2cc(O[C@@H]3C[C@H]4C(=O)N[C@]5(C(=O)NS(=O)(=O)C6CC6)C[C@@H]5/C=C\CCCCC[C@H](NC(=O)OC5CCCC5)C(=O)N4C3)n3nc4c(C(F)(F)F)cccc4c3n2)cc1. The van der Waals surface area contributed by atoms with Crippen LogP contribution in [0.1, 0.15) is 94.6 Å². The molecule has 2 aromatic carbocycles. The Labute approximate surface area is 367 Å². The van der Waals surface area contributed by atoms with Crippen LogP contribution in [0.25, 0.3) is 27.8 Å². The number of carbonyl (C=O) groups is 4. The molecular weight excluding hydrogens is 856 g/mol. The Balaban J connectivity index is 1.08. The van der Waals surface area contributed by atoms with E-state index in [0.29, 0.717) is 56.2 Å². The second-order valence-corrected chi connectivity index (χ2v) is 19.7. The van der Waals surface area contributed by atoms with Crippen molar-refractivity contribution in [1.29, 1.82) is 0 Å². The average Bonchev–Trinajstić information content (AvgIpc) is 4.06. The van der Waals surface area contributed by atoms with Gasteiger partial charge in [-0.2, -0.15) is 22.8 Å². The quantitative estimate of drug-likeness (QED) is 0.170. The Morgan fingerprint density at radius 1 is 0.953 bits per heavy atom. The van der Waals surface area contributed by atoms with E-state index in [0.717, 1.165) is 30.9 Å². The number of rotatable bonds is 8. The van der Waals surface area contributed by atoms with Gasteiger partial charge >= 0.3 is 12.3 Å². The number of nitrogens with one attached hydrogen (secondary N) is 3. The molecule has 15 nitrogen and oxygen atoms in total. The fraction of sp³-hybridized carbons (Fsp3) is 0.511. The molecule has 3 aliphatic carbocycles. The van der Waals surface area contributed by atoms with Crippen molar-refractivity contribution < 1.29 is 50.2 Å². The van der Waals surface area contributed by atoms with Gasteiger partial charge in [-0.3, -0.25) is 19.1 Å². The fourth-order valence-corrected chi connectivity index (χ4v) is 10.6. The number of halogens is 3. The highest BCUT2D eigenvalue weighted by molar-refractivity contribution is 7.91. The zero-order chi connectivity index (χ0) is 45.0. The maximum absolute atomic E-state index is 14.8. The fourth-order valence-electron chi connectivity index (χ4n) is 9.22. The van der Waals surface area contributed by atoms with Crippen LogP contribution >= 0.6 is 0 Å². The smallest absolute Gasteiger partial charge is 0.418 e. The van der Waals surface area contributed by atoms with Gasteiger partial charge in [-0.05, 0) is 83.3 Å². The molecule has 0 unspecified atom stereocenters. The number of allylic oxidation sites excluding steroid dienone is 1. The minimum absolute atomic E-state index is 0.00570. The molecule has 19 heteroatoms. The standard InChI is InChI=1S/C45H50F3N7O8S/c1-26-16-18-27(19-17-26)35-23-37(55-39(49-35)32-13-9-14-33(38(32)52-55)45(46,47)48)62-30-22-36-40(56)51-44(42(58)53-64(60,61)31-20-21-31)24-28(44)10-5-3-2-4-6-15-34(41(57)54(36)25-30)50-43(59)63-29-11-7-8-12-29/h5,9-10,13-14,16-19,23,28-31,34,36H,2-4,6-8,11-12,15,20-22,24-25H2,1H3,(H,50,59)(H,51,56)(H,53,58)/b10-5-/t28-,30+,34-,36-,44+/m0/s1. The van der Waals surface area contributed by atoms with E-state index < -0.39 is 80.5 Å². The number of hydrogen-bond acceptors (Lipinski definition) is 10. The van der Waals surface area contributed by atoms with Crippen molar-refractivity contribution >= 4 is 50.4 Å². The van der Waals surface area contributed by atoms with Gasteiger partial charge in [0, 0.05) is 29.4 Å². The zero-order valence-corrected chi connectivity index (χ0v) is 36.1. The molecule has 4 heterocycles. The lowest BCUT2D eigenvalue weighted by molar-refractivity contribution is -0.141. The maximum atomic E-state index is 14.8. The van der Waals surface area contributed by atoms with Crippen LogP contribution in [-0.2, 0) is 35.3 Å². The second-order valence-electron chi connectivity index (χ2n) is 17.8. The van der Waals surface area contributed by atoms with Gasteiger partial charge in [-0.15, -0.1) is 0 Å². The van der Waals surface area contributed by atoms with Crippen molar-refractivity contribution in [2.45, 2.75) is 132 Å².